The van der Waals surface area contributed by atoms with Crippen molar-refractivity contribution < 1.29 is 4.39 Å². The van der Waals surface area contributed by atoms with Gasteiger partial charge < -0.3 is 15.5 Å². The van der Waals surface area contributed by atoms with Gasteiger partial charge in [0, 0.05) is 26.7 Å². The number of guanidine groups is 1. The number of piperidine rings is 1. The summed E-state index contributed by atoms with van der Waals surface area (Å²) < 4.78 is 13.6. The summed E-state index contributed by atoms with van der Waals surface area (Å²) in [5, 5.41) is 6.62. The quantitative estimate of drug-likeness (QED) is 0.386. The molecule has 2 rings (SSSR count). The number of halogens is 2. The van der Waals surface area contributed by atoms with Gasteiger partial charge in [0.1, 0.15) is 5.82 Å². The highest BCUT2D eigenvalue weighted by Crippen LogP contribution is 2.11. The molecule has 0 aromatic heterocycles. The molecular formula is C19H32FIN4. The first-order chi connectivity index (χ1) is 11.6. The highest BCUT2D eigenvalue weighted by atomic mass is 127. The van der Waals surface area contributed by atoms with Gasteiger partial charge in [-0.2, -0.15) is 0 Å². The molecule has 0 bridgehead atoms. The molecule has 0 radical (unpaired) electrons. The maximum Gasteiger partial charge on any atom is 0.191 e. The van der Waals surface area contributed by atoms with Crippen molar-refractivity contribution in [3.05, 3.63) is 35.1 Å². The van der Waals surface area contributed by atoms with E-state index >= 15 is 0 Å². The van der Waals surface area contributed by atoms with Crippen LogP contribution < -0.4 is 10.6 Å². The molecule has 1 atom stereocenters. The molecule has 1 aromatic rings. The molecule has 25 heavy (non-hydrogen) atoms. The number of nitrogens with one attached hydrogen (secondary N) is 2. The Balaban J connectivity index is 0.00000312. The van der Waals surface area contributed by atoms with Gasteiger partial charge >= 0.3 is 0 Å². The number of hydrogen-bond acceptors (Lipinski definition) is 2. The molecule has 1 aliphatic heterocycles. The molecule has 1 heterocycles. The molecule has 0 spiro atoms. The molecule has 1 aromatic carbocycles. The van der Waals surface area contributed by atoms with Crippen molar-refractivity contribution in [2.24, 2.45) is 10.9 Å². The van der Waals surface area contributed by atoms with Gasteiger partial charge in [-0.25, -0.2) is 4.39 Å². The first-order valence-corrected chi connectivity index (χ1v) is 9.00. The molecular weight excluding hydrogens is 430 g/mol. The summed E-state index contributed by atoms with van der Waals surface area (Å²) in [5.74, 6) is 1.17. The van der Waals surface area contributed by atoms with Gasteiger partial charge in [-0.1, -0.05) is 25.5 Å². The van der Waals surface area contributed by atoms with Crippen LogP contribution >= 0.6 is 24.0 Å². The monoisotopic (exact) mass is 462 g/mol. The van der Waals surface area contributed by atoms with E-state index in [1.807, 2.05) is 12.1 Å². The van der Waals surface area contributed by atoms with Crippen molar-refractivity contribution >= 4 is 29.9 Å². The average Bonchev–Trinajstić information content (AvgIpc) is 2.59. The summed E-state index contributed by atoms with van der Waals surface area (Å²) in [7, 11) is 1.76. The van der Waals surface area contributed by atoms with Crippen LogP contribution in [0.2, 0.25) is 0 Å². The Morgan fingerprint density at radius 1 is 1.24 bits per heavy atom. The second-order valence-electron chi connectivity index (χ2n) is 6.86. The van der Waals surface area contributed by atoms with Gasteiger partial charge in [0.15, 0.2) is 5.96 Å². The fraction of sp³-hybridized carbons (Fsp3) is 0.632. The van der Waals surface area contributed by atoms with E-state index in [0.717, 1.165) is 24.6 Å². The third kappa shape index (κ3) is 7.90. The van der Waals surface area contributed by atoms with Crippen molar-refractivity contribution in [1.82, 2.24) is 15.5 Å². The zero-order chi connectivity index (χ0) is 17.4. The van der Waals surface area contributed by atoms with Gasteiger partial charge in [-0.3, -0.25) is 4.99 Å². The topological polar surface area (TPSA) is 39.7 Å². The van der Waals surface area contributed by atoms with Crippen LogP contribution in [0.3, 0.4) is 0 Å². The summed E-state index contributed by atoms with van der Waals surface area (Å²) in [6.45, 7) is 9.09. The highest BCUT2D eigenvalue weighted by molar-refractivity contribution is 14.0. The molecule has 1 fully saturated rings. The van der Waals surface area contributed by atoms with Gasteiger partial charge in [0.2, 0.25) is 0 Å². The van der Waals surface area contributed by atoms with Crippen molar-refractivity contribution in [1.29, 1.82) is 0 Å². The fourth-order valence-electron chi connectivity index (χ4n) is 3.07. The van der Waals surface area contributed by atoms with Crippen molar-refractivity contribution in [2.75, 3.05) is 33.2 Å². The van der Waals surface area contributed by atoms with Gasteiger partial charge in [-0.05, 0) is 56.0 Å². The third-order valence-corrected chi connectivity index (χ3v) is 4.56. The van der Waals surface area contributed by atoms with Crippen molar-refractivity contribution in [3.63, 3.8) is 0 Å². The number of hydrogen-bond donors (Lipinski definition) is 2. The lowest BCUT2D eigenvalue weighted by molar-refractivity contribution is 0.201. The molecule has 0 aliphatic carbocycles. The minimum Gasteiger partial charge on any atom is -0.356 e. The maximum absolute atomic E-state index is 13.6. The van der Waals surface area contributed by atoms with Crippen LogP contribution in [0.4, 0.5) is 4.39 Å². The zero-order valence-electron chi connectivity index (χ0n) is 15.6. The first kappa shape index (κ1) is 22.2. The Kier molecular flexibility index (Phi) is 10.3. The fourth-order valence-corrected chi connectivity index (χ4v) is 3.07. The van der Waals surface area contributed by atoms with Crippen LogP contribution in [-0.2, 0) is 6.54 Å². The van der Waals surface area contributed by atoms with Gasteiger partial charge in [0.25, 0.3) is 0 Å². The largest absolute Gasteiger partial charge is 0.356 e. The molecule has 1 aliphatic rings. The normalized spacial score (nSPS) is 16.9. The Morgan fingerprint density at radius 3 is 2.60 bits per heavy atom. The molecule has 2 N–H and O–H groups in total. The van der Waals surface area contributed by atoms with Crippen LogP contribution in [0, 0.1) is 18.7 Å². The van der Waals surface area contributed by atoms with Crippen LogP contribution in [0.25, 0.3) is 0 Å². The lowest BCUT2D eigenvalue weighted by atomic mass is 10.1. The highest BCUT2D eigenvalue weighted by Gasteiger charge is 2.13. The number of aliphatic imine (C=N–C) groups is 1. The Bertz CT molecular complexity index is 544. The van der Waals surface area contributed by atoms with Gasteiger partial charge in [0.05, 0.1) is 0 Å². The van der Waals surface area contributed by atoms with E-state index in [9.17, 15) is 4.39 Å². The lowest BCUT2D eigenvalue weighted by Crippen LogP contribution is -2.42. The molecule has 0 saturated carbocycles. The number of likely N-dealkylation sites (tertiary alicyclic amines) is 1. The van der Waals surface area contributed by atoms with Gasteiger partial charge in [-0.15, -0.1) is 24.0 Å². The predicted octanol–water partition coefficient (Wildman–Crippen LogP) is 3.54. The standard InChI is InChI=1S/C19H31FN4.HI/c1-15(14-24-9-5-4-6-10-24)12-22-19(21-3)23-13-17-8-7-16(2)18(20)11-17;/h7-8,11,15H,4-6,9-10,12-14H2,1-3H3,(H2,21,22,23);1H. The molecule has 1 saturated heterocycles. The van der Waals surface area contributed by atoms with E-state index in [0.29, 0.717) is 18.0 Å². The first-order valence-electron chi connectivity index (χ1n) is 9.00. The summed E-state index contributed by atoms with van der Waals surface area (Å²) in [5.41, 5.74) is 1.59. The van der Waals surface area contributed by atoms with E-state index < -0.39 is 0 Å². The number of aryl methyl sites for hydroxylation is 1. The molecule has 0 amide bonds. The third-order valence-electron chi connectivity index (χ3n) is 4.56. The average molecular weight is 462 g/mol. The smallest absolute Gasteiger partial charge is 0.191 e. The SMILES string of the molecule is CN=C(NCc1ccc(C)c(F)c1)NCC(C)CN1CCCCC1.I. The predicted molar refractivity (Wildman–Crippen MR) is 114 cm³/mol. The molecule has 1 unspecified atom stereocenters. The van der Waals surface area contributed by atoms with Crippen LogP contribution in [-0.4, -0.2) is 44.1 Å². The number of rotatable bonds is 6. The molecule has 4 nitrogen and oxygen atoms in total. The second-order valence-corrected chi connectivity index (χ2v) is 6.86. The van der Waals surface area contributed by atoms with Crippen LogP contribution in [0.5, 0.6) is 0 Å². The van der Waals surface area contributed by atoms with E-state index in [-0.39, 0.29) is 29.8 Å². The van der Waals surface area contributed by atoms with E-state index in [1.165, 1.54) is 32.4 Å². The zero-order valence-corrected chi connectivity index (χ0v) is 18.0. The van der Waals surface area contributed by atoms with Crippen LogP contribution in [0.15, 0.2) is 23.2 Å². The summed E-state index contributed by atoms with van der Waals surface area (Å²) >= 11 is 0. The van der Waals surface area contributed by atoms with Crippen LogP contribution in [0.1, 0.15) is 37.3 Å². The number of nitrogens with zero attached hydrogens (tertiary/aromatic N) is 2. The summed E-state index contributed by atoms with van der Waals surface area (Å²) in [4.78, 5) is 6.81. The Labute approximate surface area is 168 Å². The second kappa shape index (κ2) is 11.7. The van der Waals surface area contributed by atoms with E-state index in [1.54, 1.807) is 20.0 Å². The molecule has 6 heteroatoms. The lowest BCUT2D eigenvalue weighted by Gasteiger charge is -2.29. The van der Waals surface area contributed by atoms with E-state index in [4.69, 9.17) is 0 Å². The summed E-state index contributed by atoms with van der Waals surface area (Å²) in [6.07, 6.45) is 4.03. The van der Waals surface area contributed by atoms with E-state index in [2.05, 4.69) is 27.4 Å². The Morgan fingerprint density at radius 2 is 1.96 bits per heavy atom. The maximum atomic E-state index is 13.6. The Hall–Kier alpha value is -0.890. The minimum absolute atomic E-state index is 0. The summed E-state index contributed by atoms with van der Waals surface area (Å²) in [6, 6.07) is 5.33. The molecule has 142 valence electrons. The number of benzene rings is 1. The van der Waals surface area contributed by atoms with Crippen molar-refractivity contribution in [2.45, 2.75) is 39.7 Å². The minimum atomic E-state index is -0.160. The van der Waals surface area contributed by atoms with Crippen molar-refractivity contribution in [3.8, 4) is 0 Å².